The Morgan fingerprint density at radius 3 is 2.60 bits per heavy atom. The van der Waals surface area contributed by atoms with Gasteiger partial charge in [-0.1, -0.05) is 23.7 Å². The van der Waals surface area contributed by atoms with Crippen molar-refractivity contribution in [2.45, 2.75) is 13.0 Å². The van der Waals surface area contributed by atoms with Crippen LogP contribution in [0.3, 0.4) is 0 Å². The molecule has 0 bridgehead atoms. The highest BCUT2D eigenvalue weighted by Gasteiger charge is 2.15. The van der Waals surface area contributed by atoms with E-state index in [-0.39, 0.29) is 30.8 Å². The van der Waals surface area contributed by atoms with Crippen LogP contribution in [0.5, 0.6) is 5.75 Å². The summed E-state index contributed by atoms with van der Waals surface area (Å²) in [6, 6.07) is 13.9. The van der Waals surface area contributed by atoms with Gasteiger partial charge in [0.15, 0.2) is 6.61 Å². The molecule has 0 aliphatic carbocycles. The van der Waals surface area contributed by atoms with Gasteiger partial charge in [-0.25, -0.2) is 0 Å². The summed E-state index contributed by atoms with van der Waals surface area (Å²) in [7, 11) is 1.51. The number of amides is 2. The molecule has 3 aromatic rings. The Balaban J connectivity index is 1.71. The maximum absolute atomic E-state index is 13.0. The van der Waals surface area contributed by atoms with Gasteiger partial charge in [0.05, 0.1) is 5.56 Å². The molecule has 2 aromatic carbocycles. The number of rotatable bonds is 11. The van der Waals surface area contributed by atoms with Gasteiger partial charge in [0.1, 0.15) is 11.6 Å². The lowest BCUT2D eigenvalue weighted by atomic mass is 10.1. The number of likely N-dealkylation sites (N-methyl/N-ethyl adjacent to an activating group) is 1. The summed E-state index contributed by atoms with van der Waals surface area (Å²) >= 11 is 6.16. The van der Waals surface area contributed by atoms with Crippen LogP contribution in [0.2, 0.25) is 5.02 Å². The molecule has 182 valence electrons. The average Bonchev–Trinajstić information content (AvgIpc) is 2.87. The van der Waals surface area contributed by atoms with E-state index in [1.165, 1.54) is 7.05 Å². The second-order valence-electron chi connectivity index (χ2n) is 7.60. The van der Waals surface area contributed by atoms with Crippen molar-refractivity contribution < 1.29 is 14.3 Å². The van der Waals surface area contributed by atoms with Gasteiger partial charge >= 0.3 is 0 Å². The number of pyridine rings is 1. The van der Waals surface area contributed by atoms with E-state index >= 15 is 0 Å². The van der Waals surface area contributed by atoms with Crippen LogP contribution in [0, 0.1) is 5.41 Å². The molecule has 9 nitrogen and oxygen atoms in total. The Morgan fingerprint density at radius 2 is 1.89 bits per heavy atom. The van der Waals surface area contributed by atoms with Gasteiger partial charge in [-0.2, -0.15) is 0 Å². The summed E-state index contributed by atoms with van der Waals surface area (Å²) in [5.74, 6) is -0.420. The molecule has 0 spiro atoms. The summed E-state index contributed by atoms with van der Waals surface area (Å²) in [6.45, 7) is 0.539. The first kappa shape index (κ1) is 25.5. The van der Waals surface area contributed by atoms with E-state index < -0.39 is 0 Å². The zero-order valence-corrected chi connectivity index (χ0v) is 20.0. The normalized spacial score (nSPS) is 10.3. The zero-order chi connectivity index (χ0) is 25.2. The van der Waals surface area contributed by atoms with Gasteiger partial charge in [-0.05, 0) is 48.4 Å². The number of nitrogens with two attached hydrogens (primary N) is 1. The largest absolute Gasteiger partial charge is 0.483 e. The lowest BCUT2D eigenvalue weighted by Gasteiger charge is -2.15. The molecule has 0 atom stereocenters. The van der Waals surface area contributed by atoms with Gasteiger partial charge in [-0.3, -0.25) is 20.0 Å². The van der Waals surface area contributed by atoms with Crippen LogP contribution < -0.4 is 26.4 Å². The van der Waals surface area contributed by atoms with Crippen molar-refractivity contribution in [3.8, 4) is 5.75 Å². The Hall–Kier alpha value is -4.11. The fraction of sp³-hybridized carbons (Fsp3) is 0.200. The molecule has 0 fully saturated rings. The van der Waals surface area contributed by atoms with Crippen LogP contribution in [0.15, 0.2) is 60.9 Å². The summed E-state index contributed by atoms with van der Waals surface area (Å²) in [4.78, 5) is 28.7. The maximum atomic E-state index is 13.0. The van der Waals surface area contributed by atoms with Gasteiger partial charge in [0.25, 0.3) is 11.8 Å². The fourth-order valence-corrected chi connectivity index (χ4v) is 3.41. The molecule has 0 unspecified atom stereocenters. The van der Waals surface area contributed by atoms with Crippen LogP contribution in [-0.2, 0) is 17.8 Å². The molecule has 1 heterocycles. The number of carbonyl (C=O) groups is 2. The van der Waals surface area contributed by atoms with Gasteiger partial charge < -0.3 is 26.4 Å². The topological polar surface area (TPSA) is 142 Å². The number of nitrogens with zero attached hydrogens (tertiary/aromatic N) is 1. The fourth-order valence-electron chi connectivity index (χ4n) is 3.24. The van der Waals surface area contributed by atoms with E-state index in [0.29, 0.717) is 39.7 Å². The number of ether oxygens (including phenoxy) is 1. The van der Waals surface area contributed by atoms with Gasteiger partial charge in [0, 0.05) is 54.4 Å². The van der Waals surface area contributed by atoms with Crippen molar-refractivity contribution >= 4 is 34.9 Å². The highest BCUT2D eigenvalue weighted by molar-refractivity contribution is 6.31. The Morgan fingerprint density at radius 1 is 1.11 bits per heavy atom. The highest BCUT2D eigenvalue weighted by Crippen LogP contribution is 2.23. The number of nitrogens with one attached hydrogen (secondary N) is 4. The summed E-state index contributed by atoms with van der Waals surface area (Å²) in [5.41, 5.74) is 8.84. The minimum atomic E-state index is -0.327. The molecule has 0 saturated carbocycles. The van der Waals surface area contributed by atoms with Gasteiger partial charge in [0.2, 0.25) is 0 Å². The zero-order valence-electron chi connectivity index (χ0n) is 19.2. The predicted molar refractivity (Wildman–Crippen MR) is 136 cm³/mol. The van der Waals surface area contributed by atoms with Crippen molar-refractivity contribution in [1.29, 1.82) is 5.41 Å². The molecule has 6 N–H and O–H groups in total. The van der Waals surface area contributed by atoms with Crippen LogP contribution in [0.1, 0.15) is 27.0 Å². The van der Waals surface area contributed by atoms with E-state index in [2.05, 4.69) is 20.9 Å². The first-order valence-electron chi connectivity index (χ1n) is 10.9. The Bertz CT molecular complexity index is 1200. The van der Waals surface area contributed by atoms with E-state index in [1.54, 1.807) is 48.8 Å². The van der Waals surface area contributed by atoms with Crippen LogP contribution in [0.4, 0.5) is 5.69 Å². The smallest absolute Gasteiger partial charge is 0.257 e. The van der Waals surface area contributed by atoms with Crippen LogP contribution >= 0.6 is 11.6 Å². The SMILES string of the molecule is CNC(=O)COc1cc(C(=N)N)ccc1CNC(=O)c1cc(Cl)ccc1NCCc1ccncc1. The lowest BCUT2D eigenvalue weighted by molar-refractivity contribution is -0.122. The lowest BCUT2D eigenvalue weighted by Crippen LogP contribution is -2.27. The first-order chi connectivity index (χ1) is 16.9. The van der Waals surface area contributed by atoms with Crippen molar-refractivity contribution in [3.63, 3.8) is 0 Å². The van der Waals surface area contributed by atoms with E-state index in [4.69, 9.17) is 27.5 Å². The van der Waals surface area contributed by atoms with E-state index in [0.717, 1.165) is 12.0 Å². The molecule has 1 aromatic heterocycles. The number of benzene rings is 2. The number of hydrogen-bond acceptors (Lipinski definition) is 6. The predicted octanol–water partition coefficient (Wildman–Crippen LogP) is 2.73. The number of nitrogen functional groups attached to an aromatic ring is 1. The Kier molecular flexibility index (Phi) is 9.02. The molecule has 0 saturated heterocycles. The molecule has 2 amide bonds. The van der Waals surface area contributed by atoms with Crippen LogP contribution in [-0.4, -0.2) is 42.8 Å². The highest BCUT2D eigenvalue weighted by atomic mass is 35.5. The third-order valence-electron chi connectivity index (χ3n) is 5.16. The summed E-state index contributed by atoms with van der Waals surface area (Å²) < 4.78 is 5.60. The molecule has 0 radical (unpaired) electrons. The van der Waals surface area contributed by atoms with Crippen LogP contribution in [0.25, 0.3) is 0 Å². The average molecular weight is 495 g/mol. The number of aromatic nitrogens is 1. The maximum Gasteiger partial charge on any atom is 0.257 e. The third kappa shape index (κ3) is 7.44. The number of halogens is 1. The van der Waals surface area contributed by atoms with Gasteiger partial charge in [-0.15, -0.1) is 0 Å². The second kappa shape index (κ2) is 12.4. The molecular weight excluding hydrogens is 468 g/mol. The molecule has 0 aliphatic rings. The number of amidine groups is 1. The van der Waals surface area contributed by atoms with Crippen molar-refractivity contribution in [3.05, 3.63) is 88.2 Å². The number of carbonyl (C=O) groups excluding carboxylic acids is 2. The first-order valence-corrected chi connectivity index (χ1v) is 11.3. The summed E-state index contributed by atoms with van der Waals surface area (Å²) in [6.07, 6.45) is 4.25. The Labute approximate surface area is 208 Å². The third-order valence-corrected chi connectivity index (χ3v) is 5.39. The number of hydrogen-bond donors (Lipinski definition) is 5. The van der Waals surface area contributed by atoms with Crippen molar-refractivity contribution in [2.24, 2.45) is 5.73 Å². The van der Waals surface area contributed by atoms with Crippen molar-refractivity contribution in [2.75, 3.05) is 25.5 Å². The molecule has 10 heteroatoms. The summed E-state index contributed by atoms with van der Waals surface area (Å²) in [5, 5.41) is 16.7. The minimum Gasteiger partial charge on any atom is -0.483 e. The second-order valence-corrected chi connectivity index (χ2v) is 8.04. The van der Waals surface area contributed by atoms with Crippen molar-refractivity contribution in [1.82, 2.24) is 15.6 Å². The number of anilines is 1. The molecular formula is C25H27ClN6O3. The monoisotopic (exact) mass is 494 g/mol. The molecule has 0 aliphatic heterocycles. The van der Waals surface area contributed by atoms with E-state index in [9.17, 15) is 9.59 Å². The quantitative estimate of drug-likeness (QED) is 0.205. The molecule has 35 heavy (non-hydrogen) atoms. The standard InChI is InChI=1S/C25H27ClN6O3/c1-29-23(33)15-35-22-12-17(24(27)28)2-3-18(22)14-32-25(34)20-13-19(26)4-5-21(20)31-11-8-16-6-9-30-10-7-16/h2-7,9-10,12-13,31H,8,11,14-15H2,1H3,(H3,27,28)(H,29,33)(H,32,34). The van der Waals surface area contributed by atoms with E-state index in [1.807, 2.05) is 12.1 Å². The minimum absolute atomic E-state index is 0.128. The molecule has 3 rings (SSSR count).